The van der Waals surface area contributed by atoms with E-state index in [1.54, 1.807) is 0 Å². The molecule has 1 aliphatic rings. The van der Waals surface area contributed by atoms with E-state index in [2.05, 4.69) is 0 Å². The second kappa shape index (κ2) is 10.4. The van der Waals surface area contributed by atoms with Gasteiger partial charge in [-0.1, -0.05) is 6.07 Å². The zero-order valence-electron chi connectivity index (χ0n) is 18.6. The predicted molar refractivity (Wildman–Crippen MR) is 111 cm³/mol. The Morgan fingerprint density at radius 3 is 2.20 bits per heavy atom. The van der Waals surface area contributed by atoms with E-state index in [9.17, 15) is 40.6 Å². The first-order valence-corrected chi connectivity index (χ1v) is 10.6. The van der Waals surface area contributed by atoms with Crippen LogP contribution in [0.1, 0.15) is 27.0 Å². The number of aliphatic hydroxyl groups excluding tert-OH is 1. The van der Waals surface area contributed by atoms with E-state index in [4.69, 9.17) is 4.74 Å². The number of β-amino-alcohol motifs (C(OH)–C–C–N with tert-alkyl or cyclic N) is 1. The number of halogens is 7. The van der Waals surface area contributed by atoms with Crippen LogP contribution in [-0.2, 0) is 18.8 Å². The summed E-state index contributed by atoms with van der Waals surface area (Å²) in [5.74, 6) is -1.64. The third-order valence-electron chi connectivity index (χ3n) is 5.77. The molecule has 192 valence electrons. The number of hydrogen-bond acceptors (Lipinski definition) is 4. The van der Waals surface area contributed by atoms with Gasteiger partial charge in [0.05, 0.1) is 24.8 Å². The number of ether oxygens (including phenoxy) is 1. The van der Waals surface area contributed by atoms with Gasteiger partial charge in [-0.15, -0.1) is 0 Å². The number of carbonyl (C=O) groups is 1. The normalized spacial score (nSPS) is 17.5. The SMILES string of the molecule is COc1cc(C[C@@H]2CN(CCO)CCN2C(=O)c2cc(C(F)(F)F)cc(C(F)(F)F)c2)ccc1F. The molecule has 12 heteroatoms. The van der Waals surface area contributed by atoms with E-state index in [0.717, 1.165) is 6.07 Å². The Labute approximate surface area is 196 Å². The van der Waals surface area contributed by atoms with Crippen molar-refractivity contribution in [2.45, 2.75) is 24.8 Å². The molecule has 1 heterocycles. The Morgan fingerprint density at radius 2 is 1.66 bits per heavy atom. The number of nitrogens with zero attached hydrogens (tertiary/aromatic N) is 2. The van der Waals surface area contributed by atoms with Crippen LogP contribution in [-0.4, -0.2) is 66.8 Å². The van der Waals surface area contributed by atoms with E-state index in [-0.39, 0.29) is 51.0 Å². The van der Waals surface area contributed by atoms with E-state index >= 15 is 0 Å². The summed E-state index contributed by atoms with van der Waals surface area (Å²) in [7, 11) is 1.27. The third-order valence-corrected chi connectivity index (χ3v) is 5.77. The number of methoxy groups -OCH3 is 1. The molecular formula is C23H23F7N2O3. The standard InChI is InChI=1S/C23H23F7N2O3/c1-35-20-9-14(2-3-19(20)24)8-18-13-31(6-7-33)4-5-32(18)21(34)15-10-16(22(25,26)27)12-17(11-15)23(28,29)30/h2-3,9-12,18,33H,4-8,13H2,1H3/t18-/m1/s1. The van der Waals surface area contributed by atoms with Crippen LogP contribution in [0.5, 0.6) is 5.75 Å². The molecule has 0 spiro atoms. The van der Waals surface area contributed by atoms with E-state index in [1.807, 2.05) is 4.90 Å². The summed E-state index contributed by atoms with van der Waals surface area (Å²) in [5, 5.41) is 9.27. The van der Waals surface area contributed by atoms with Crippen molar-refractivity contribution in [1.29, 1.82) is 0 Å². The summed E-state index contributed by atoms with van der Waals surface area (Å²) in [6, 6.07) is 4.16. The minimum atomic E-state index is -5.08. The molecule has 5 nitrogen and oxygen atoms in total. The molecule has 0 aliphatic carbocycles. The topological polar surface area (TPSA) is 53.0 Å². The lowest BCUT2D eigenvalue weighted by molar-refractivity contribution is -0.143. The van der Waals surface area contributed by atoms with Gasteiger partial charge in [0.2, 0.25) is 0 Å². The molecule has 0 radical (unpaired) electrons. The summed E-state index contributed by atoms with van der Waals surface area (Å²) in [6.07, 6.45) is -10.0. The summed E-state index contributed by atoms with van der Waals surface area (Å²) in [6.45, 7) is 0.581. The zero-order valence-corrected chi connectivity index (χ0v) is 18.6. The third kappa shape index (κ3) is 6.43. The molecule has 35 heavy (non-hydrogen) atoms. The van der Waals surface area contributed by atoms with E-state index in [0.29, 0.717) is 17.7 Å². The fraction of sp³-hybridized carbons (Fsp3) is 0.435. The molecule has 1 fully saturated rings. The number of aliphatic hydroxyl groups is 1. The van der Waals surface area contributed by atoms with Gasteiger partial charge in [0.25, 0.3) is 5.91 Å². The van der Waals surface area contributed by atoms with Gasteiger partial charge >= 0.3 is 12.4 Å². The van der Waals surface area contributed by atoms with Crippen LogP contribution < -0.4 is 4.74 Å². The Bertz CT molecular complexity index is 1020. The van der Waals surface area contributed by atoms with Crippen LogP contribution in [0.2, 0.25) is 0 Å². The minimum Gasteiger partial charge on any atom is -0.494 e. The number of piperazine rings is 1. The average Bonchev–Trinajstić information content (AvgIpc) is 2.79. The van der Waals surface area contributed by atoms with E-state index in [1.165, 1.54) is 24.1 Å². The highest BCUT2D eigenvalue weighted by Gasteiger charge is 2.39. The highest BCUT2D eigenvalue weighted by molar-refractivity contribution is 5.95. The van der Waals surface area contributed by atoms with Gasteiger partial charge < -0.3 is 14.7 Å². The fourth-order valence-electron chi connectivity index (χ4n) is 4.05. The first-order chi connectivity index (χ1) is 16.3. The van der Waals surface area contributed by atoms with Gasteiger partial charge in [-0.3, -0.25) is 9.69 Å². The number of rotatable bonds is 6. The molecule has 0 bridgehead atoms. The number of hydrogen-bond donors (Lipinski definition) is 1. The molecule has 3 rings (SSSR count). The zero-order chi connectivity index (χ0) is 26.0. The van der Waals surface area contributed by atoms with Gasteiger partial charge in [-0.25, -0.2) is 4.39 Å². The van der Waals surface area contributed by atoms with Gasteiger partial charge in [-0.2, -0.15) is 26.3 Å². The van der Waals surface area contributed by atoms with Gasteiger partial charge in [0, 0.05) is 37.8 Å². The highest BCUT2D eigenvalue weighted by atomic mass is 19.4. The first kappa shape index (κ1) is 26.7. The van der Waals surface area contributed by atoms with Gasteiger partial charge in [-0.05, 0) is 42.3 Å². The summed E-state index contributed by atoms with van der Waals surface area (Å²) in [5.41, 5.74) is -3.33. The smallest absolute Gasteiger partial charge is 0.416 e. The monoisotopic (exact) mass is 508 g/mol. The van der Waals surface area contributed by atoms with Crippen molar-refractivity contribution in [2.75, 3.05) is 39.9 Å². The van der Waals surface area contributed by atoms with Crippen LogP contribution >= 0.6 is 0 Å². The van der Waals surface area contributed by atoms with Crippen LogP contribution in [0.25, 0.3) is 0 Å². The van der Waals surface area contributed by atoms with E-state index < -0.39 is 46.8 Å². The summed E-state index contributed by atoms with van der Waals surface area (Å²) < 4.78 is 98.4. The Hall–Kier alpha value is -2.86. The van der Waals surface area contributed by atoms with Crippen LogP contribution in [0.3, 0.4) is 0 Å². The quantitative estimate of drug-likeness (QED) is 0.594. The maximum atomic E-state index is 13.8. The number of alkyl halides is 6. The maximum Gasteiger partial charge on any atom is 0.416 e. The Kier molecular flexibility index (Phi) is 7.95. The van der Waals surface area contributed by atoms with Crippen LogP contribution in [0, 0.1) is 5.82 Å². The number of carbonyl (C=O) groups excluding carboxylic acids is 1. The lowest BCUT2D eigenvalue weighted by atomic mass is 9.99. The van der Waals surface area contributed by atoms with Gasteiger partial charge in [0.1, 0.15) is 0 Å². The highest BCUT2D eigenvalue weighted by Crippen LogP contribution is 2.37. The van der Waals surface area contributed by atoms with Crippen molar-refractivity contribution in [3.8, 4) is 5.75 Å². The van der Waals surface area contributed by atoms with Crippen LogP contribution in [0.15, 0.2) is 36.4 Å². The first-order valence-electron chi connectivity index (χ1n) is 10.6. The molecule has 0 aromatic heterocycles. The number of amides is 1. The molecule has 1 N–H and O–H groups in total. The minimum absolute atomic E-state index is 0.0133. The van der Waals surface area contributed by atoms with Crippen molar-refractivity contribution in [3.05, 3.63) is 64.5 Å². The van der Waals surface area contributed by atoms with Crippen molar-refractivity contribution >= 4 is 5.91 Å². The average molecular weight is 508 g/mol. The Balaban J connectivity index is 1.98. The van der Waals surface area contributed by atoms with Crippen molar-refractivity contribution < 1.29 is 45.4 Å². The molecule has 1 saturated heterocycles. The molecule has 1 atom stereocenters. The molecule has 0 unspecified atom stereocenters. The fourth-order valence-corrected chi connectivity index (χ4v) is 4.05. The largest absolute Gasteiger partial charge is 0.494 e. The summed E-state index contributed by atoms with van der Waals surface area (Å²) in [4.78, 5) is 16.3. The summed E-state index contributed by atoms with van der Waals surface area (Å²) >= 11 is 0. The predicted octanol–water partition coefficient (Wildman–Crippen LogP) is 4.23. The maximum absolute atomic E-state index is 13.8. The molecular weight excluding hydrogens is 485 g/mol. The lowest BCUT2D eigenvalue weighted by Crippen LogP contribution is -2.56. The van der Waals surface area contributed by atoms with Crippen molar-refractivity contribution in [1.82, 2.24) is 9.80 Å². The molecule has 1 amide bonds. The molecule has 2 aromatic rings. The molecule has 2 aromatic carbocycles. The van der Waals surface area contributed by atoms with Gasteiger partial charge in [0.15, 0.2) is 11.6 Å². The van der Waals surface area contributed by atoms with Crippen molar-refractivity contribution in [3.63, 3.8) is 0 Å². The molecule has 0 saturated carbocycles. The van der Waals surface area contributed by atoms with Crippen LogP contribution in [0.4, 0.5) is 30.7 Å². The number of benzene rings is 2. The lowest BCUT2D eigenvalue weighted by Gasteiger charge is -2.41. The Morgan fingerprint density at radius 1 is 1.03 bits per heavy atom. The second-order valence-electron chi connectivity index (χ2n) is 8.14. The van der Waals surface area contributed by atoms with Crippen molar-refractivity contribution in [2.24, 2.45) is 0 Å². The molecule has 1 aliphatic heterocycles. The second-order valence-corrected chi connectivity index (χ2v) is 8.14.